The van der Waals surface area contributed by atoms with Crippen LogP contribution in [0.15, 0.2) is 85.2 Å². The number of hydrogen-bond acceptors (Lipinski definition) is 4. The van der Waals surface area contributed by atoms with Crippen LogP contribution in [0.5, 0.6) is 5.75 Å². The van der Waals surface area contributed by atoms with Gasteiger partial charge in [0.05, 0.1) is 17.9 Å². The number of amides is 2. The van der Waals surface area contributed by atoms with E-state index in [0.29, 0.717) is 16.9 Å². The quantitative estimate of drug-likeness (QED) is 0.512. The minimum Gasteiger partial charge on any atom is -0.508 e. The van der Waals surface area contributed by atoms with Gasteiger partial charge in [-0.3, -0.25) is 19.5 Å². The second-order valence-corrected chi connectivity index (χ2v) is 7.12. The average Bonchev–Trinajstić information content (AvgIpc) is 2.80. The highest BCUT2D eigenvalue weighted by Crippen LogP contribution is 2.35. The van der Waals surface area contributed by atoms with E-state index >= 15 is 0 Å². The summed E-state index contributed by atoms with van der Waals surface area (Å²) in [6.45, 7) is 1.66. The van der Waals surface area contributed by atoms with Crippen molar-refractivity contribution in [3.63, 3.8) is 0 Å². The third-order valence-electron chi connectivity index (χ3n) is 5.02. The number of aromatic hydroxyl groups is 1. The van der Waals surface area contributed by atoms with Crippen molar-refractivity contribution in [2.45, 2.75) is 6.92 Å². The second-order valence-electron chi connectivity index (χ2n) is 7.12. The lowest BCUT2D eigenvalue weighted by Gasteiger charge is -2.26. The van der Waals surface area contributed by atoms with E-state index in [1.165, 1.54) is 4.90 Å². The molecule has 0 saturated carbocycles. The molecule has 0 saturated heterocycles. The number of anilines is 2. The lowest BCUT2D eigenvalue weighted by atomic mass is 10.1. The van der Waals surface area contributed by atoms with E-state index in [9.17, 15) is 14.7 Å². The van der Waals surface area contributed by atoms with Crippen LogP contribution >= 0.6 is 0 Å². The number of nitrogens with one attached hydrogen (secondary N) is 1. The number of benzene rings is 3. The molecule has 0 atom stereocenters. The van der Waals surface area contributed by atoms with Crippen LogP contribution in [-0.4, -0.2) is 28.4 Å². The number of aromatic nitrogens is 1. The van der Waals surface area contributed by atoms with Gasteiger partial charge in [-0.15, -0.1) is 0 Å². The summed E-state index contributed by atoms with van der Waals surface area (Å²) < 4.78 is 0. The van der Waals surface area contributed by atoms with E-state index in [2.05, 4.69) is 10.3 Å². The second kappa shape index (κ2) is 8.67. The van der Waals surface area contributed by atoms with E-state index < -0.39 is 0 Å². The molecule has 4 rings (SSSR count). The minimum absolute atomic E-state index is 0.0497. The van der Waals surface area contributed by atoms with Crippen LogP contribution in [0, 0.1) is 6.92 Å². The Morgan fingerprint density at radius 2 is 1.77 bits per heavy atom. The van der Waals surface area contributed by atoms with Crippen LogP contribution in [-0.2, 0) is 4.79 Å². The number of phenols is 1. The molecular formula is C25H21N3O3. The van der Waals surface area contributed by atoms with Crippen LogP contribution in [0.4, 0.5) is 11.4 Å². The molecule has 31 heavy (non-hydrogen) atoms. The van der Waals surface area contributed by atoms with Gasteiger partial charge in [0.1, 0.15) is 5.75 Å². The van der Waals surface area contributed by atoms with Gasteiger partial charge in [-0.25, -0.2) is 0 Å². The van der Waals surface area contributed by atoms with E-state index in [0.717, 1.165) is 16.3 Å². The number of rotatable bonds is 5. The Labute approximate surface area is 179 Å². The SMILES string of the molecule is Cc1ccc(O)cc1N(C(=O)CNC(=O)c1ccccc1)c1cccc2cnccc12. The summed E-state index contributed by atoms with van der Waals surface area (Å²) >= 11 is 0. The first-order valence-electron chi connectivity index (χ1n) is 9.83. The van der Waals surface area contributed by atoms with Gasteiger partial charge in [0.25, 0.3) is 11.8 Å². The smallest absolute Gasteiger partial charge is 0.251 e. The molecule has 2 amide bonds. The van der Waals surface area contributed by atoms with Gasteiger partial charge in [0.15, 0.2) is 0 Å². The Bertz CT molecular complexity index is 1250. The summed E-state index contributed by atoms with van der Waals surface area (Å²) in [6.07, 6.45) is 3.40. The van der Waals surface area contributed by atoms with E-state index in [1.54, 1.807) is 54.9 Å². The van der Waals surface area contributed by atoms with Crippen LogP contribution in [0.2, 0.25) is 0 Å². The molecule has 0 fully saturated rings. The molecule has 2 N–H and O–H groups in total. The van der Waals surface area contributed by atoms with E-state index in [4.69, 9.17) is 0 Å². The number of pyridine rings is 1. The standard InChI is InChI=1S/C25H21N3O3/c1-17-10-11-20(29)14-23(17)28(22-9-5-8-19-15-26-13-12-21(19)22)24(30)16-27-25(31)18-6-3-2-4-7-18/h2-15,29H,16H2,1H3,(H,27,31). The predicted molar refractivity (Wildman–Crippen MR) is 121 cm³/mol. The molecule has 0 aliphatic carbocycles. The molecule has 3 aromatic carbocycles. The van der Waals surface area contributed by atoms with Crippen molar-refractivity contribution in [2.24, 2.45) is 0 Å². The lowest BCUT2D eigenvalue weighted by Crippen LogP contribution is -2.38. The van der Waals surface area contributed by atoms with Gasteiger partial charge in [-0.05, 0) is 42.8 Å². The molecule has 1 aromatic heterocycles. The maximum atomic E-state index is 13.4. The summed E-state index contributed by atoms with van der Waals surface area (Å²) in [7, 11) is 0. The van der Waals surface area contributed by atoms with Gasteiger partial charge < -0.3 is 10.4 Å². The zero-order chi connectivity index (χ0) is 21.8. The third-order valence-corrected chi connectivity index (χ3v) is 5.02. The van der Waals surface area contributed by atoms with Crippen LogP contribution in [0.3, 0.4) is 0 Å². The Morgan fingerprint density at radius 3 is 2.58 bits per heavy atom. The topological polar surface area (TPSA) is 82.5 Å². The van der Waals surface area contributed by atoms with Gasteiger partial charge >= 0.3 is 0 Å². The molecule has 0 radical (unpaired) electrons. The molecule has 6 heteroatoms. The first-order valence-corrected chi connectivity index (χ1v) is 9.83. The molecule has 0 aliphatic rings. The Balaban J connectivity index is 1.73. The zero-order valence-electron chi connectivity index (χ0n) is 16.9. The van der Waals surface area contributed by atoms with Crippen LogP contribution in [0.1, 0.15) is 15.9 Å². The average molecular weight is 411 g/mol. The number of fused-ring (bicyclic) bond motifs is 1. The fourth-order valence-corrected chi connectivity index (χ4v) is 3.46. The van der Waals surface area contributed by atoms with E-state index in [1.807, 2.05) is 37.3 Å². The first-order chi connectivity index (χ1) is 15.0. The number of nitrogens with zero attached hydrogens (tertiary/aromatic N) is 2. The summed E-state index contributed by atoms with van der Waals surface area (Å²) in [4.78, 5) is 31.5. The molecular weight excluding hydrogens is 390 g/mol. The van der Waals surface area contributed by atoms with Crippen molar-refractivity contribution >= 4 is 34.0 Å². The highest BCUT2D eigenvalue weighted by Gasteiger charge is 2.23. The Kier molecular flexibility index (Phi) is 5.62. The highest BCUT2D eigenvalue weighted by atomic mass is 16.3. The van der Waals surface area contributed by atoms with Gasteiger partial charge in [-0.1, -0.05) is 36.4 Å². The number of hydrogen-bond donors (Lipinski definition) is 2. The fourth-order valence-electron chi connectivity index (χ4n) is 3.46. The van der Waals surface area contributed by atoms with Crippen LogP contribution in [0.25, 0.3) is 10.8 Å². The lowest BCUT2D eigenvalue weighted by molar-refractivity contribution is -0.117. The first kappa shape index (κ1) is 20.1. The molecule has 154 valence electrons. The monoisotopic (exact) mass is 411 g/mol. The number of phenolic OH excluding ortho intramolecular Hbond substituents is 1. The number of carbonyl (C=O) groups excluding carboxylic acids is 2. The zero-order valence-corrected chi connectivity index (χ0v) is 16.9. The maximum absolute atomic E-state index is 13.4. The molecule has 0 bridgehead atoms. The molecule has 6 nitrogen and oxygen atoms in total. The molecule has 1 heterocycles. The van der Waals surface area contributed by atoms with Crippen molar-refractivity contribution in [3.05, 3.63) is 96.3 Å². The fraction of sp³-hybridized carbons (Fsp3) is 0.0800. The maximum Gasteiger partial charge on any atom is 0.251 e. The van der Waals surface area contributed by atoms with Crippen molar-refractivity contribution in [3.8, 4) is 5.75 Å². The van der Waals surface area contributed by atoms with Crippen molar-refractivity contribution in [1.29, 1.82) is 0 Å². The largest absolute Gasteiger partial charge is 0.508 e. The summed E-state index contributed by atoms with van der Waals surface area (Å²) in [5.41, 5.74) is 2.48. The normalized spacial score (nSPS) is 10.6. The summed E-state index contributed by atoms with van der Waals surface area (Å²) in [6, 6.07) is 21.0. The molecule has 0 spiro atoms. The van der Waals surface area contributed by atoms with Crippen molar-refractivity contribution in [1.82, 2.24) is 10.3 Å². The molecule has 0 unspecified atom stereocenters. The number of aryl methyl sites for hydroxylation is 1. The Hall–Kier alpha value is -4.19. The van der Waals surface area contributed by atoms with Crippen LogP contribution < -0.4 is 10.2 Å². The summed E-state index contributed by atoms with van der Waals surface area (Å²) in [5.74, 6) is -0.612. The Morgan fingerprint density at radius 1 is 0.968 bits per heavy atom. The van der Waals surface area contributed by atoms with Gasteiger partial charge in [0.2, 0.25) is 0 Å². The van der Waals surface area contributed by atoms with Gasteiger partial charge in [0, 0.05) is 34.8 Å². The van der Waals surface area contributed by atoms with Gasteiger partial charge in [-0.2, -0.15) is 0 Å². The van der Waals surface area contributed by atoms with Crippen molar-refractivity contribution < 1.29 is 14.7 Å². The molecule has 0 aliphatic heterocycles. The highest BCUT2D eigenvalue weighted by molar-refractivity contribution is 6.10. The van der Waals surface area contributed by atoms with E-state index in [-0.39, 0.29) is 24.1 Å². The van der Waals surface area contributed by atoms with Crippen molar-refractivity contribution in [2.75, 3.05) is 11.4 Å². The minimum atomic E-state index is -0.331. The summed E-state index contributed by atoms with van der Waals surface area (Å²) in [5, 5.41) is 14.5. The predicted octanol–water partition coefficient (Wildman–Crippen LogP) is 4.34. The third kappa shape index (κ3) is 4.23. The molecule has 4 aromatic rings. The number of carbonyl (C=O) groups is 2.